The molecule has 2 aromatic heterocycles. The second-order valence-corrected chi connectivity index (χ2v) is 8.18. The first-order valence-corrected chi connectivity index (χ1v) is 10.1. The molecule has 1 fully saturated rings. The number of carbonyl (C=O) groups is 2. The fourth-order valence-electron chi connectivity index (χ4n) is 3.19. The average molecular weight is 416 g/mol. The lowest BCUT2D eigenvalue weighted by atomic mass is 10.1. The number of likely N-dealkylation sites (tertiary alicyclic amines) is 1. The van der Waals surface area contributed by atoms with E-state index in [2.05, 4.69) is 10.3 Å². The minimum Gasteiger partial charge on any atom is -0.462 e. The molecule has 4 rings (SSSR count). The number of carbonyl (C=O) groups excluding carboxylic acids is 2. The van der Waals surface area contributed by atoms with Crippen LogP contribution in [0.4, 0.5) is 5.69 Å². The van der Waals surface area contributed by atoms with Gasteiger partial charge in [0.05, 0.1) is 17.5 Å². The molecule has 2 amide bonds. The summed E-state index contributed by atoms with van der Waals surface area (Å²) in [6.45, 7) is 3.28. The molecule has 0 radical (unpaired) electrons. The number of nitrogens with one attached hydrogen (secondary N) is 1. The number of amides is 2. The van der Waals surface area contributed by atoms with Crippen molar-refractivity contribution in [1.29, 1.82) is 0 Å². The molecule has 1 aromatic carbocycles. The third-order valence-corrected chi connectivity index (χ3v) is 5.82. The second-order valence-electron chi connectivity index (χ2n) is 6.54. The minimum absolute atomic E-state index is 0.101. The van der Waals surface area contributed by atoms with Crippen LogP contribution in [0.1, 0.15) is 38.6 Å². The Kier molecular flexibility index (Phi) is 5.19. The van der Waals surface area contributed by atoms with E-state index < -0.39 is 0 Å². The van der Waals surface area contributed by atoms with E-state index in [1.807, 2.05) is 6.92 Å². The first kappa shape index (κ1) is 18.7. The Morgan fingerprint density at radius 1 is 1.25 bits per heavy atom. The van der Waals surface area contributed by atoms with Gasteiger partial charge in [-0.15, -0.1) is 11.3 Å². The van der Waals surface area contributed by atoms with Gasteiger partial charge in [0, 0.05) is 23.0 Å². The van der Waals surface area contributed by atoms with Crippen LogP contribution in [0.25, 0.3) is 10.8 Å². The molecule has 6 nitrogen and oxygen atoms in total. The highest BCUT2D eigenvalue weighted by molar-refractivity contribution is 7.15. The van der Waals surface area contributed by atoms with Crippen molar-refractivity contribution >= 4 is 40.4 Å². The van der Waals surface area contributed by atoms with Crippen molar-refractivity contribution in [2.75, 3.05) is 18.4 Å². The number of anilines is 1. The Morgan fingerprint density at radius 3 is 2.75 bits per heavy atom. The number of halogens is 1. The standard InChI is InChI=1S/C20H18ClN3O3S/c1-12-17(23-19(28-12)16-5-4-10-27-16)18(25)22-15-11-13(21)6-7-14(15)20(26)24-8-2-3-9-24/h4-7,10-11H,2-3,8-9H2,1H3,(H,22,25). The van der Waals surface area contributed by atoms with Crippen LogP contribution in [-0.2, 0) is 0 Å². The predicted molar refractivity (Wildman–Crippen MR) is 109 cm³/mol. The summed E-state index contributed by atoms with van der Waals surface area (Å²) < 4.78 is 5.36. The number of hydrogen-bond donors (Lipinski definition) is 1. The lowest BCUT2D eigenvalue weighted by Gasteiger charge is -2.18. The van der Waals surface area contributed by atoms with E-state index in [4.69, 9.17) is 16.0 Å². The average Bonchev–Trinajstić information content (AvgIpc) is 3.42. The van der Waals surface area contributed by atoms with Crippen LogP contribution in [0, 0.1) is 6.92 Å². The van der Waals surface area contributed by atoms with Gasteiger partial charge in [-0.1, -0.05) is 11.6 Å². The summed E-state index contributed by atoms with van der Waals surface area (Å²) in [5.74, 6) is 0.125. The van der Waals surface area contributed by atoms with Gasteiger partial charge in [-0.05, 0) is 50.1 Å². The van der Waals surface area contributed by atoms with E-state index in [-0.39, 0.29) is 11.8 Å². The molecule has 3 heterocycles. The van der Waals surface area contributed by atoms with Crippen molar-refractivity contribution in [3.05, 3.63) is 57.8 Å². The van der Waals surface area contributed by atoms with Crippen LogP contribution in [0.5, 0.6) is 0 Å². The van der Waals surface area contributed by atoms with Gasteiger partial charge in [0.25, 0.3) is 11.8 Å². The van der Waals surface area contributed by atoms with Crippen LogP contribution in [0.3, 0.4) is 0 Å². The molecule has 3 aromatic rings. The topological polar surface area (TPSA) is 75.4 Å². The Bertz CT molecular complexity index is 1020. The van der Waals surface area contributed by atoms with Crippen molar-refractivity contribution in [3.63, 3.8) is 0 Å². The molecule has 0 bridgehead atoms. The molecular formula is C20H18ClN3O3S. The lowest BCUT2D eigenvalue weighted by molar-refractivity contribution is 0.0794. The van der Waals surface area contributed by atoms with Crippen molar-refractivity contribution in [2.45, 2.75) is 19.8 Å². The molecule has 0 spiro atoms. The van der Waals surface area contributed by atoms with Gasteiger partial charge in [0.15, 0.2) is 10.8 Å². The number of rotatable bonds is 4. The maximum Gasteiger partial charge on any atom is 0.275 e. The molecule has 0 saturated carbocycles. The number of aryl methyl sites for hydroxylation is 1. The normalized spacial score (nSPS) is 13.7. The van der Waals surface area contributed by atoms with Crippen LogP contribution in [0.15, 0.2) is 41.0 Å². The first-order valence-electron chi connectivity index (χ1n) is 8.94. The third-order valence-electron chi connectivity index (χ3n) is 4.60. The first-order chi connectivity index (χ1) is 13.5. The predicted octanol–water partition coefficient (Wildman–Crippen LogP) is 4.85. The summed E-state index contributed by atoms with van der Waals surface area (Å²) in [5, 5.41) is 3.89. The Labute approximate surface area is 171 Å². The van der Waals surface area contributed by atoms with E-state index in [0.717, 1.165) is 30.8 Å². The van der Waals surface area contributed by atoms with Gasteiger partial charge in [-0.3, -0.25) is 9.59 Å². The van der Waals surface area contributed by atoms with Crippen molar-refractivity contribution < 1.29 is 14.0 Å². The zero-order chi connectivity index (χ0) is 19.7. The molecule has 28 heavy (non-hydrogen) atoms. The monoisotopic (exact) mass is 415 g/mol. The third kappa shape index (κ3) is 3.68. The highest BCUT2D eigenvalue weighted by Gasteiger charge is 2.24. The molecule has 0 unspecified atom stereocenters. The van der Waals surface area contributed by atoms with E-state index in [9.17, 15) is 9.59 Å². The quantitative estimate of drug-likeness (QED) is 0.660. The van der Waals surface area contributed by atoms with Gasteiger partial charge in [-0.25, -0.2) is 4.98 Å². The van der Waals surface area contributed by atoms with Gasteiger partial charge < -0.3 is 14.6 Å². The molecule has 8 heteroatoms. The number of furan rings is 1. The zero-order valence-corrected chi connectivity index (χ0v) is 16.8. The van der Waals surface area contributed by atoms with Gasteiger partial charge in [-0.2, -0.15) is 0 Å². The Hall–Kier alpha value is -2.64. The maximum absolute atomic E-state index is 12.9. The molecule has 0 atom stereocenters. The Morgan fingerprint density at radius 2 is 2.04 bits per heavy atom. The van der Waals surface area contributed by atoms with E-state index >= 15 is 0 Å². The van der Waals surface area contributed by atoms with Crippen molar-refractivity contribution in [3.8, 4) is 10.8 Å². The number of thiazole rings is 1. The number of aromatic nitrogens is 1. The number of nitrogens with zero attached hydrogens (tertiary/aromatic N) is 2. The van der Waals surface area contributed by atoms with Crippen molar-refractivity contribution in [2.24, 2.45) is 0 Å². The van der Waals surface area contributed by atoms with Gasteiger partial charge >= 0.3 is 0 Å². The fourth-order valence-corrected chi connectivity index (χ4v) is 4.24. The second kappa shape index (κ2) is 7.77. The minimum atomic E-state index is -0.385. The van der Waals surface area contributed by atoms with Crippen LogP contribution >= 0.6 is 22.9 Å². The molecule has 1 saturated heterocycles. The summed E-state index contributed by atoms with van der Waals surface area (Å²) in [6.07, 6.45) is 3.55. The summed E-state index contributed by atoms with van der Waals surface area (Å²) in [5.41, 5.74) is 1.12. The van der Waals surface area contributed by atoms with Crippen LogP contribution < -0.4 is 5.32 Å². The summed E-state index contributed by atoms with van der Waals surface area (Å²) in [7, 11) is 0. The number of benzene rings is 1. The van der Waals surface area contributed by atoms with E-state index in [1.165, 1.54) is 11.3 Å². The summed E-state index contributed by atoms with van der Waals surface area (Å²) >= 11 is 7.49. The molecule has 0 aliphatic carbocycles. The Balaban J connectivity index is 1.61. The fraction of sp³-hybridized carbons (Fsp3) is 0.250. The molecule has 144 valence electrons. The molecule has 1 aliphatic rings. The van der Waals surface area contributed by atoms with Crippen LogP contribution in [-0.4, -0.2) is 34.8 Å². The largest absolute Gasteiger partial charge is 0.462 e. The maximum atomic E-state index is 12.9. The number of hydrogen-bond acceptors (Lipinski definition) is 5. The molecular weight excluding hydrogens is 398 g/mol. The lowest BCUT2D eigenvalue weighted by Crippen LogP contribution is -2.29. The van der Waals surface area contributed by atoms with E-state index in [1.54, 1.807) is 41.5 Å². The van der Waals surface area contributed by atoms with Gasteiger partial charge in [0.2, 0.25) is 0 Å². The smallest absolute Gasteiger partial charge is 0.275 e. The zero-order valence-electron chi connectivity index (χ0n) is 15.2. The van der Waals surface area contributed by atoms with Crippen LogP contribution in [0.2, 0.25) is 5.02 Å². The van der Waals surface area contributed by atoms with Gasteiger partial charge in [0.1, 0.15) is 5.69 Å². The molecule has 1 N–H and O–H groups in total. The van der Waals surface area contributed by atoms with E-state index in [0.29, 0.717) is 32.7 Å². The summed E-state index contributed by atoms with van der Waals surface area (Å²) in [6, 6.07) is 8.47. The SMILES string of the molecule is Cc1sc(-c2ccco2)nc1C(=O)Nc1cc(Cl)ccc1C(=O)N1CCCC1. The molecule has 1 aliphatic heterocycles. The van der Waals surface area contributed by atoms with Crippen molar-refractivity contribution in [1.82, 2.24) is 9.88 Å². The highest BCUT2D eigenvalue weighted by atomic mass is 35.5. The summed E-state index contributed by atoms with van der Waals surface area (Å²) in [4.78, 5) is 32.7. The highest BCUT2D eigenvalue weighted by Crippen LogP contribution is 2.29.